The van der Waals surface area contributed by atoms with Crippen LogP contribution in [0.15, 0.2) is 52.1 Å². The third-order valence-corrected chi connectivity index (χ3v) is 2.93. The number of nitrogens with zero attached hydrogens (tertiary/aromatic N) is 2. The van der Waals surface area contributed by atoms with Crippen molar-refractivity contribution in [1.82, 2.24) is 9.55 Å². The van der Waals surface area contributed by atoms with E-state index >= 15 is 0 Å². The lowest BCUT2D eigenvalue weighted by Crippen LogP contribution is -2.26. The molecule has 0 aliphatic heterocycles. The molecular weight excluding hydrogens is 260 g/mol. The summed E-state index contributed by atoms with van der Waals surface area (Å²) in [6.45, 7) is -0.447. The molecule has 6 nitrogen and oxygen atoms in total. The van der Waals surface area contributed by atoms with Gasteiger partial charge in [-0.25, -0.2) is 4.98 Å². The molecule has 0 bridgehead atoms. The van der Waals surface area contributed by atoms with Crippen molar-refractivity contribution in [2.45, 2.75) is 6.54 Å². The van der Waals surface area contributed by atoms with Crippen molar-refractivity contribution >= 4 is 16.9 Å². The van der Waals surface area contributed by atoms with Crippen LogP contribution in [-0.4, -0.2) is 20.6 Å². The van der Waals surface area contributed by atoms with Crippen LogP contribution in [0.5, 0.6) is 0 Å². The van der Waals surface area contributed by atoms with Crippen LogP contribution in [0.2, 0.25) is 0 Å². The number of carbonyl (C=O) groups is 1. The molecule has 6 heteroatoms. The Morgan fingerprint density at radius 2 is 2.10 bits per heavy atom. The summed E-state index contributed by atoms with van der Waals surface area (Å²) in [4.78, 5) is 27.7. The van der Waals surface area contributed by atoms with Crippen molar-refractivity contribution in [3.8, 4) is 11.4 Å². The molecule has 20 heavy (non-hydrogen) atoms. The number of para-hydroxylation sites is 1. The van der Waals surface area contributed by atoms with E-state index in [4.69, 9.17) is 9.52 Å². The maximum Gasteiger partial charge on any atom is 0.323 e. The number of aliphatic carboxylic acids is 1. The lowest BCUT2D eigenvalue weighted by atomic mass is 10.2. The molecule has 0 radical (unpaired) electrons. The van der Waals surface area contributed by atoms with Gasteiger partial charge in [0.1, 0.15) is 18.6 Å². The summed E-state index contributed by atoms with van der Waals surface area (Å²) in [7, 11) is 0. The molecule has 2 heterocycles. The molecule has 0 amide bonds. The van der Waals surface area contributed by atoms with Crippen LogP contribution in [0.4, 0.5) is 0 Å². The Morgan fingerprint density at radius 1 is 1.30 bits per heavy atom. The van der Waals surface area contributed by atoms with Gasteiger partial charge in [0.05, 0.1) is 22.7 Å². The minimum Gasteiger partial charge on any atom is -0.480 e. The summed E-state index contributed by atoms with van der Waals surface area (Å²) in [6.07, 6.45) is 2.87. The zero-order chi connectivity index (χ0) is 14.1. The first-order valence-corrected chi connectivity index (χ1v) is 5.91. The highest BCUT2D eigenvalue weighted by molar-refractivity contribution is 5.80. The van der Waals surface area contributed by atoms with Crippen LogP contribution in [-0.2, 0) is 11.3 Å². The molecular formula is C14H10N2O4. The molecule has 1 N–H and O–H groups in total. The largest absolute Gasteiger partial charge is 0.480 e. The Balaban J connectivity index is 2.36. The van der Waals surface area contributed by atoms with Gasteiger partial charge in [-0.3, -0.25) is 14.2 Å². The molecule has 0 aliphatic rings. The molecule has 1 aromatic carbocycles. The standard InChI is InChI=1S/C14H10N2O4/c17-12(18)7-16-13(9-5-6-20-8-9)15-11-4-2-1-3-10(11)14(16)19/h1-6,8H,7H2,(H,17,18). The fourth-order valence-electron chi connectivity index (χ4n) is 2.06. The molecule has 0 fully saturated rings. The predicted octanol–water partition coefficient (Wildman–Crippen LogP) is 1.74. The minimum atomic E-state index is -1.10. The van der Waals surface area contributed by atoms with Gasteiger partial charge in [0.2, 0.25) is 0 Å². The Labute approximate surface area is 112 Å². The Morgan fingerprint density at radius 3 is 2.80 bits per heavy atom. The second-order valence-corrected chi connectivity index (χ2v) is 4.25. The van der Waals surface area contributed by atoms with Gasteiger partial charge >= 0.3 is 5.97 Å². The van der Waals surface area contributed by atoms with E-state index in [9.17, 15) is 9.59 Å². The molecule has 2 aromatic heterocycles. The number of hydrogen-bond donors (Lipinski definition) is 1. The molecule has 0 spiro atoms. The van der Waals surface area contributed by atoms with Gasteiger partial charge in [0.25, 0.3) is 5.56 Å². The van der Waals surface area contributed by atoms with E-state index in [2.05, 4.69) is 4.98 Å². The highest BCUT2D eigenvalue weighted by atomic mass is 16.4. The van der Waals surface area contributed by atoms with Crippen molar-refractivity contribution in [2.24, 2.45) is 0 Å². The van der Waals surface area contributed by atoms with E-state index in [0.29, 0.717) is 16.5 Å². The van der Waals surface area contributed by atoms with Crippen LogP contribution in [0.1, 0.15) is 0 Å². The number of aromatic nitrogens is 2. The summed E-state index contributed by atoms with van der Waals surface area (Å²) in [5.74, 6) is -0.821. The average Bonchev–Trinajstić information content (AvgIpc) is 2.95. The number of fused-ring (bicyclic) bond motifs is 1. The summed E-state index contributed by atoms with van der Waals surface area (Å²) < 4.78 is 6.11. The monoisotopic (exact) mass is 270 g/mol. The van der Waals surface area contributed by atoms with E-state index in [1.807, 2.05) is 0 Å². The van der Waals surface area contributed by atoms with E-state index in [0.717, 1.165) is 4.57 Å². The molecule has 0 atom stereocenters. The predicted molar refractivity (Wildman–Crippen MR) is 71.3 cm³/mol. The Kier molecular flexibility index (Phi) is 2.83. The number of rotatable bonds is 3. The Bertz CT molecular complexity index is 834. The first-order chi connectivity index (χ1) is 9.66. The minimum absolute atomic E-state index is 0.282. The van der Waals surface area contributed by atoms with Crippen molar-refractivity contribution < 1.29 is 14.3 Å². The fourth-order valence-corrected chi connectivity index (χ4v) is 2.06. The molecule has 0 saturated carbocycles. The van der Waals surface area contributed by atoms with E-state index in [1.165, 1.54) is 12.5 Å². The SMILES string of the molecule is O=C(O)Cn1c(-c2ccoc2)nc2ccccc2c1=O. The van der Waals surface area contributed by atoms with Crippen molar-refractivity contribution in [3.63, 3.8) is 0 Å². The van der Waals surface area contributed by atoms with Gasteiger partial charge in [-0.15, -0.1) is 0 Å². The normalized spacial score (nSPS) is 10.8. The third-order valence-electron chi connectivity index (χ3n) is 2.93. The lowest BCUT2D eigenvalue weighted by molar-refractivity contribution is -0.137. The van der Waals surface area contributed by atoms with Crippen molar-refractivity contribution in [1.29, 1.82) is 0 Å². The van der Waals surface area contributed by atoms with Crippen LogP contribution in [0.3, 0.4) is 0 Å². The number of hydrogen-bond acceptors (Lipinski definition) is 4. The summed E-state index contributed by atoms with van der Waals surface area (Å²) in [5.41, 5.74) is 0.707. The quantitative estimate of drug-likeness (QED) is 0.783. The highest BCUT2D eigenvalue weighted by Gasteiger charge is 2.15. The van der Waals surface area contributed by atoms with Crippen LogP contribution >= 0.6 is 0 Å². The lowest BCUT2D eigenvalue weighted by Gasteiger charge is -2.10. The number of carboxylic acids is 1. The van der Waals surface area contributed by atoms with E-state index < -0.39 is 12.5 Å². The second-order valence-electron chi connectivity index (χ2n) is 4.25. The van der Waals surface area contributed by atoms with Gasteiger partial charge in [-0.05, 0) is 18.2 Å². The fraction of sp³-hybridized carbons (Fsp3) is 0.0714. The zero-order valence-corrected chi connectivity index (χ0v) is 10.3. The summed E-state index contributed by atoms with van der Waals surface area (Å²) >= 11 is 0. The second kappa shape index (κ2) is 4.65. The molecule has 0 unspecified atom stereocenters. The highest BCUT2D eigenvalue weighted by Crippen LogP contribution is 2.19. The molecule has 0 saturated heterocycles. The Hall–Kier alpha value is -2.89. The zero-order valence-electron chi connectivity index (χ0n) is 10.3. The molecule has 3 aromatic rings. The van der Waals surface area contributed by atoms with Crippen LogP contribution in [0, 0.1) is 0 Å². The molecule has 3 rings (SSSR count). The maximum absolute atomic E-state index is 12.4. The molecule has 100 valence electrons. The smallest absolute Gasteiger partial charge is 0.323 e. The number of benzene rings is 1. The summed E-state index contributed by atoms with van der Waals surface area (Å²) in [6, 6.07) is 8.46. The van der Waals surface area contributed by atoms with Gasteiger partial charge in [-0.1, -0.05) is 12.1 Å². The van der Waals surface area contributed by atoms with Crippen LogP contribution < -0.4 is 5.56 Å². The number of carboxylic acid groups (broad SMARTS) is 1. The first-order valence-electron chi connectivity index (χ1n) is 5.91. The van der Waals surface area contributed by atoms with Crippen LogP contribution in [0.25, 0.3) is 22.3 Å². The van der Waals surface area contributed by atoms with Gasteiger partial charge in [0, 0.05) is 0 Å². The number of furan rings is 1. The topological polar surface area (TPSA) is 85.3 Å². The van der Waals surface area contributed by atoms with Gasteiger partial charge in [-0.2, -0.15) is 0 Å². The van der Waals surface area contributed by atoms with E-state index in [1.54, 1.807) is 30.3 Å². The maximum atomic E-state index is 12.4. The van der Waals surface area contributed by atoms with Crippen molar-refractivity contribution in [3.05, 3.63) is 53.2 Å². The van der Waals surface area contributed by atoms with Gasteiger partial charge in [0.15, 0.2) is 0 Å². The van der Waals surface area contributed by atoms with Crippen molar-refractivity contribution in [2.75, 3.05) is 0 Å². The molecule has 0 aliphatic carbocycles. The first kappa shape index (κ1) is 12.2. The third kappa shape index (κ3) is 1.97. The van der Waals surface area contributed by atoms with Gasteiger partial charge < -0.3 is 9.52 Å². The summed E-state index contributed by atoms with van der Waals surface area (Å²) in [5, 5.41) is 9.36. The average molecular weight is 270 g/mol. The van der Waals surface area contributed by atoms with E-state index in [-0.39, 0.29) is 11.4 Å².